The Hall–Kier alpha value is -3.15. The van der Waals surface area contributed by atoms with Crippen LogP contribution < -0.4 is 11.1 Å². The maximum Gasteiger partial charge on any atom is 0.404 e. The summed E-state index contributed by atoms with van der Waals surface area (Å²) in [6.45, 7) is 2.72. The first-order chi connectivity index (χ1) is 15.5. The van der Waals surface area contributed by atoms with Gasteiger partial charge in [-0.25, -0.2) is 4.79 Å². The zero-order valence-electron chi connectivity index (χ0n) is 18.5. The first-order valence-electron chi connectivity index (χ1n) is 11.1. The number of rotatable bonds is 11. The van der Waals surface area contributed by atoms with Gasteiger partial charge in [-0.05, 0) is 35.1 Å². The number of amides is 1. The summed E-state index contributed by atoms with van der Waals surface area (Å²) < 4.78 is 5.37. The van der Waals surface area contributed by atoms with Crippen molar-refractivity contribution in [2.45, 2.75) is 51.0 Å². The zero-order valence-corrected chi connectivity index (χ0v) is 18.5. The van der Waals surface area contributed by atoms with Crippen LogP contribution in [0.4, 0.5) is 4.79 Å². The normalized spacial score (nSPS) is 13.8. The predicted octanol–water partition coefficient (Wildman–Crippen LogP) is 4.02. The van der Waals surface area contributed by atoms with Crippen LogP contribution >= 0.6 is 0 Å². The zero-order chi connectivity index (χ0) is 22.8. The number of primary amides is 1. The van der Waals surface area contributed by atoms with Gasteiger partial charge < -0.3 is 20.9 Å². The molecular formula is C27H32N2O3. The number of aliphatic hydroxyl groups excluding tert-OH is 1. The smallest absolute Gasteiger partial charge is 0.404 e. The molecule has 3 aromatic carbocycles. The van der Waals surface area contributed by atoms with E-state index in [1.165, 1.54) is 5.56 Å². The molecule has 0 saturated heterocycles. The molecule has 4 N–H and O–H groups in total. The summed E-state index contributed by atoms with van der Waals surface area (Å²) in [6, 6.07) is 27.7. The Kier molecular flexibility index (Phi) is 8.84. The Morgan fingerprint density at radius 2 is 1.44 bits per heavy atom. The highest BCUT2D eigenvalue weighted by Crippen LogP contribution is 2.17. The molecule has 0 aliphatic rings. The largest absolute Gasteiger partial charge is 0.443 e. The van der Waals surface area contributed by atoms with Crippen molar-refractivity contribution in [2.24, 2.45) is 5.73 Å². The molecule has 3 atom stereocenters. The molecule has 1 unspecified atom stereocenters. The summed E-state index contributed by atoms with van der Waals surface area (Å²) in [5.41, 5.74) is 9.80. The van der Waals surface area contributed by atoms with Crippen molar-refractivity contribution in [1.29, 1.82) is 0 Å². The van der Waals surface area contributed by atoms with E-state index in [1.54, 1.807) is 0 Å². The van der Waals surface area contributed by atoms with Crippen LogP contribution in [-0.4, -0.2) is 29.4 Å². The number of nitrogens with two attached hydrogens (primary N) is 1. The number of carbonyl (C=O) groups excluding carboxylic acids is 1. The van der Waals surface area contributed by atoms with E-state index in [9.17, 15) is 9.90 Å². The van der Waals surface area contributed by atoms with Gasteiger partial charge in [0.25, 0.3) is 0 Å². The van der Waals surface area contributed by atoms with Crippen LogP contribution in [0.15, 0.2) is 84.9 Å². The maximum absolute atomic E-state index is 11.6. The van der Waals surface area contributed by atoms with E-state index in [4.69, 9.17) is 10.5 Å². The lowest BCUT2D eigenvalue weighted by molar-refractivity contribution is -0.0131. The molecule has 0 bridgehead atoms. The summed E-state index contributed by atoms with van der Waals surface area (Å²) in [5.74, 6) is 0. The topological polar surface area (TPSA) is 84.6 Å². The van der Waals surface area contributed by atoms with Crippen LogP contribution in [0.3, 0.4) is 0 Å². The predicted molar refractivity (Wildman–Crippen MR) is 127 cm³/mol. The lowest BCUT2D eigenvalue weighted by atomic mass is 9.93. The van der Waals surface area contributed by atoms with Gasteiger partial charge in [0.05, 0.1) is 0 Å². The number of hydrogen-bond donors (Lipinski definition) is 3. The van der Waals surface area contributed by atoms with E-state index in [2.05, 4.69) is 30.4 Å². The van der Waals surface area contributed by atoms with Gasteiger partial charge in [-0.15, -0.1) is 0 Å². The lowest BCUT2D eigenvalue weighted by Crippen LogP contribution is -2.50. The molecule has 0 aliphatic heterocycles. The van der Waals surface area contributed by atoms with Crippen molar-refractivity contribution in [2.75, 3.05) is 0 Å². The van der Waals surface area contributed by atoms with Crippen molar-refractivity contribution < 1.29 is 14.6 Å². The third-order valence-corrected chi connectivity index (χ3v) is 5.61. The molecule has 0 fully saturated rings. The Balaban J connectivity index is 1.80. The van der Waals surface area contributed by atoms with Gasteiger partial charge in [0.2, 0.25) is 0 Å². The fourth-order valence-electron chi connectivity index (χ4n) is 3.88. The van der Waals surface area contributed by atoms with Crippen molar-refractivity contribution in [3.63, 3.8) is 0 Å². The minimum atomic E-state index is -0.947. The second kappa shape index (κ2) is 12.0. The average molecular weight is 433 g/mol. The third kappa shape index (κ3) is 7.22. The van der Waals surface area contributed by atoms with E-state index in [0.29, 0.717) is 19.4 Å². The highest BCUT2D eigenvalue weighted by Gasteiger charge is 2.30. The minimum Gasteiger partial charge on any atom is -0.443 e. The van der Waals surface area contributed by atoms with E-state index in [1.807, 2.05) is 66.7 Å². The van der Waals surface area contributed by atoms with Crippen molar-refractivity contribution >= 4 is 6.09 Å². The van der Waals surface area contributed by atoms with Gasteiger partial charge in [-0.2, -0.15) is 0 Å². The van der Waals surface area contributed by atoms with Crippen LogP contribution in [0, 0.1) is 0 Å². The monoisotopic (exact) mass is 432 g/mol. The Bertz CT molecular complexity index is 963. The van der Waals surface area contributed by atoms with Gasteiger partial charge >= 0.3 is 6.09 Å². The Morgan fingerprint density at radius 3 is 2.03 bits per heavy atom. The SMILES string of the molecule is CCc1cccc(CNC(Cc2ccccc2)[C@H](O)[C@H](Cc2ccccc2)OC(N)=O)c1. The number of benzene rings is 3. The van der Waals surface area contributed by atoms with Gasteiger partial charge in [0.15, 0.2) is 0 Å². The summed E-state index contributed by atoms with van der Waals surface area (Å²) in [7, 11) is 0. The average Bonchev–Trinajstić information content (AvgIpc) is 2.82. The molecule has 1 amide bonds. The number of ether oxygens (including phenoxy) is 1. The van der Waals surface area contributed by atoms with Gasteiger partial charge in [-0.1, -0.05) is 91.9 Å². The molecule has 32 heavy (non-hydrogen) atoms. The van der Waals surface area contributed by atoms with Crippen LogP contribution in [-0.2, 0) is 30.5 Å². The molecule has 0 aliphatic carbocycles. The van der Waals surface area contributed by atoms with Crippen LogP contribution in [0.25, 0.3) is 0 Å². The molecule has 0 spiro atoms. The lowest BCUT2D eigenvalue weighted by Gasteiger charge is -2.30. The van der Waals surface area contributed by atoms with E-state index < -0.39 is 18.3 Å². The highest BCUT2D eigenvalue weighted by molar-refractivity contribution is 5.64. The van der Waals surface area contributed by atoms with E-state index in [0.717, 1.165) is 23.1 Å². The number of aryl methyl sites for hydroxylation is 1. The quantitative estimate of drug-likeness (QED) is 0.427. The Morgan fingerprint density at radius 1 is 0.875 bits per heavy atom. The molecule has 168 valence electrons. The summed E-state index contributed by atoms with van der Waals surface area (Å²) >= 11 is 0. The number of nitrogens with one attached hydrogen (secondary N) is 1. The molecule has 0 heterocycles. The summed E-state index contributed by atoms with van der Waals surface area (Å²) in [6.07, 6.45) is -0.670. The number of carbonyl (C=O) groups is 1. The van der Waals surface area contributed by atoms with Crippen molar-refractivity contribution in [3.05, 3.63) is 107 Å². The molecule has 0 radical (unpaired) electrons. The van der Waals surface area contributed by atoms with Gasteiger partial charge in [0, 0.05) is 19.0 Å². The second-order valence-corrected chi connectivity index (χ2v) is 8.01. The maximum atomic E-state index is 11.6. The van der Waals surface area contributed by atoms with Crippen LogP contribution in [0.2, 0.25) is 0 Å². The third-order valence-electron chi connectivity index (χ3n) is 5.61. The molecule has 0 saturated carbocycles. The standard InChI is InChI=1S/C27H32N2O3/c1-2-20-14-9-15-23(16-20)19-29-24(17-21-10-5-3-6-11-21)26(30)25(32-27(28)31)18-22-12-7-4-8-13-22/h3-16,24-26,29-30H,2,17-19H2,1H3,(H2,28,31)/t24?,25-,26-/m0/s1. The van der Waals surface area contributed by atoms with Gasteiger partial charge in [-0.3, -0.25) is 0 Å². The van der Waals surface area contributed by atoms with E-state index >= 15 is 0 Å². The molecule has 3 aromatic rings. The number of aliphatic hydroxyl groups is 1. The fraction of sp³-hybridized carbons (Fsp3) is 0.296. The second-order valence-electron chi connectivity index (χ2n) is 8.01. The summed E-state index contributed by atoms with van der Waals surface area (Å²) in [5, 5.41) is 14.8. The molecule has 3 rings (SSSR count). The minimum absolute atomic E-state index is 0.337. The molecular weight excluding hydrogens is 400 g/mol. The highest BCUT2D eigenvalue weighted by atomic mass is 16.6. The van der Waals surface area contributed by atoms with Crippen molar-refractivity contribution in [3.8, 4) is 0 Å². The first kappa shape index (κ1) is 23.5. The Labute approximate surface area is 190 Å². The van der Waals surface area contributed by atoms with Crippen LogP contribution in [0.1, 0.15) is 29.2 Å². The fourth-order valence-corrected chi connectivity index (χ4v) is 3.88. The van der Waals surface area contributed by atoms with Gasteiger partial charge in [0.1, 0.15) is 12.2 Å². The number of hydrogen-bond acceptors (Lipinski definition) is 4. The molecule has 5 heteroatoms. The summed E-state index contributed by atoms with van der Waals surface area (Å²) in [4.78, 5) is 11.6. The first-order valence-corrected chi connectivity index (χ1v) is 11.1. The van der Waals surface area contributed by atoms with Crippen molar-refractivity contribution in [1.82, 2.24) is 5.32 Å². The van der Waals surface area contributed by atoms with Crippen LogP contribution in [0.5, 0.6) is 0 Å². The molecule has 0 aromatic heterocycles. The molecule has 5 nitrogen and oxygen atoms in total. The van der Waals surface area contributed by atoms with E-state index in [-0.39, 0.29) is 6.04 Å².